The first kappa shape index (κ1) is 13.5. The predicted octanol–water partition coefficient (Wildman–Crippen LogP) is 0.395. The summed E-state index contributed by atoms with van der Waals surface area (Å²) in [4.78, 5) is 16.3. The average molecular weight is 227 g/mol. The average Bonchev–Trinajstić information content (AvgIpc) is 2.21. The molecule has 0 spiro atoms. The molecule has 0 radical (unpaired) electrons. The molecule has 1 aliphatic heterocycles. The molecule has 0 aromatic carbocycles. The zero-order chi connectivity index (χ0) is 12.3. The molecule has 0 aromatic heterocycles. The van der Waals surface area contributed by atoms with E-state index in [1.165, 1.54) is 0 Å². The Kier molecular flexibility index (Phi) is 4.33. The molecule has 0 bridgehead atoms. The number of carbonyl (C=O) groups is 1. The molecule has 0 aromatic rings. The number of hydrogen-bond acceptors (Lipinski definition) is 3. The minimum absolute atomic E-state index is 0.0271. The summed E-state index contributed by atoms with van der Waals surface area (Å²) in [5, 5.41) is 3.11. The van der Waals surface area contributed by atoms with Crippen LogP contribution in [-0.2, 0) is 4.79 Å². The van der Waals surface area contributed by atoms with Crippen molar-refractivity contribution in [3.63, 3.8) is 0 Å². The van der Waals surface area contributed by atoms with Crippen LogP contribution in [0.25, 0.3) is 0 Å². The summed E-state index contributed by atoms with van der Waals surface area (Å²) in [6.45, 7) is 7.13. The smallest absolute Gasteiger partial charge is 0.239 e. The number of amides is 1. The van der Waals surface area contributed by atoms with Crippen molar-refractivity contribution in [2.45, 2.75) is 26.3 Å². The van der Waals surface area contributed by atoms with E-state index in [2.05, 4.69) is 31.1 Å². The number of rotatable bonds is 3. The maximum atomic E-state index is 12.2. The monoisotopic (exact) mass is 227 g/mol. The first-order chi connectivity index (χ1) is 7.37. The number of nitrogens with one attached hydrogen (secondary N) is 1. The molecule has 1 rings (SSSR count). The van der Waals surface area contributed by atoms with Crippen LogP contribution in [0.3, 0.4) is 0 Å². The fourth-order valence-corrected chi connectivity index (χ4v) is 2.62. The molecule has 0 aliphatic carbocycles. The van der Waals surface area contributed by atoms with Crippen molar-refractivity contribution in [1.82, 2.24) is 15.1 Å². The Balaban J connectivity index is 2.78. The molecular weight excluding hydrogens is 202 g/mol. The number of nitrogens with zero attached hydrogens (tertiary/aromatic N) is 2. The standard InChI is InChI=1S/C12H25N3O/c1-12(2)8-14(4)10(6-7-13-3)11(16)15(5)9-12/h10,13H,6-9H2,1-5H3. The maximum absolute atomic E-state index is 12.2. The molecule has 1 aliphatic rings. The summed E-state index contributed by atoms with van der Waals surface area (Å²) < 4.78 is 0. The number of hydrogen-bond donors (Lipinski definition) is 1. The van der Waals surface area contributed by atoms with Gasteiger partial charge in [0.2, 0.25) is 5.91 Å². The van der Waals surface area contributed by atoms with Crippen LogP contribution in [0, 0.1) is 5.41 Å². The van der Waals surface area contributed by atoms with Gasteiger partial charge in [0.15, 0.2) is 0 Å². The van der Waals surface area contributed by atoms with Gasteiger partial charge in [0.25, 0.3) is 0 Å². The van der Waals surface area contributed by atoms with Gasteiger partial charge < -0.3 is 10.2 Å². The molecule has 1 saturated heterocycles. The van der Waals surface area contributed by atoms with Crippen molar-refractivity contribution in [3.05, 3.63) is 0 Å². The zero-order valence-electron chi connectivity index (χ0n) is 11.2. The number of carbonyl (C=O) groups excluding carboxylic acids is 1. The van der Waals surface area contributed by atoms with E-state index < -0.39 is 0 Å². The third kappa shape index (κ3) is 3.19. The van der Waals surface area contributed by atoms with Crippen LogP contribution in [0.4, 0.5) is 0 Å². The lowest BCUT2D eigenvalue weighted by Gasteiger charge is -2.29. The minimum Gasteiger partial charge on any atom is -0.344 e. The molecule has 1 heterocycles. The first-order valence-corrected chi connectivity index (χ1v) is 5.97. The highest BCUT2D eigenvalue weighted by Gasteiger charge is 2.35. The lowest BCUT2D eigenvalue weighted by molar-refractivity contribution is -0.134. The quantitative estimate of drug-likeness (QED) is 0.758. The van der Waals surface area contributed by atoms with Gasteiger partial charge in [-0.3, -0.25) is 9.69 Å². The van der Waals surface area contributed by atoms with Crippen LogP contribution in [0.15, 0.2) is 0 Å². The third-order valence-corrected chi connectivity index (χ3v) is 3.20. The second-order valence-electron chi connectivity index (χ2n) is 5.68. The van der Waals surface area contributed by atoms with Crippen molar-refractivity contribution >= 4 is 5.91 Å². The van der Waals surface area contributed by atoms with Crippen LogP contribution in [-0.4, -0.2) is 62.5 Å². The molecule has 1 N–H and O–H groups in total. The van der Waals surface area contributed by atoms with E-state index in [0.717, 1.165) is 26.1 Å². The molecule has 4 nitrogen and oxygen atoms in total. The third-order valence-electron chi connectivity index (χ3n) is 3.20. The topological polar surface area (TPSA) is 35.6 Å². The van der Waals surface area contributed by atoms with Crippen LogP contribution < -0.4 is 5.32 Å². The van der Waals surface area contributed by atoms with E-state index >= 15 is 0 Å². The van der Waals surface area contributed by atoms with Crippen LogP contribution >= 0.6 is 0 Å². The molecule has 1 fully saturated rings. The van der Waals surface area contributed by atoms with Crippen molar-refractivity contribution in [2.24, 2.45) is 5.41 Å². The van der Waals surface area contributed by atoms with Crippen LogP contribution in [0.5, 0.6) is 0 Å². The van der Waals surface area contributed by atoms with E-state index in [1.807, 2.05) is 19.0 Å². The predicted molar refractivity (Wildman–Crippen MR) is 66.4 cm³/mol. The number of likely N-dealkylation sites (N-methyl/N-ethyl adjacent to an activating group) is 2. The van der Waals surface area contributed by atoms with E-state index in [0.29, 0.717) is 0 Å². The fourth-order valence-electron chi connectivity index (χ4n) is 2.62. The Labute approximate surface area is 99.0 Å². The lowest BCUT2D eigenvalue weighted by Crippen LogP contribution is -2.44. The summed E-state index contributed by atoms with van der Waals surface area (Å²) in [6.07, 6.45) is 0.881. The largest absolute Gasteiger partial charge is 0.344 e. The zero-order valence-corrected chi connectivity index (χ0v) is 11.2. The Bertz CT molecular complexity index is 253. The van der Waals surface area contributed by atoms with Gasteiger partial charge in [0, 0.05) is 20.1 Å². The van der Waals surface area contributed by atoms with Gasteiger partial charge in [-0.05, 0) is 32.5 Å². The SMILES string of the molecule is CNCCC1C(=O)N(C)CC(C)(C)CN1C. The normalized spacial score (nSPS) is 26.9. The van der Waals surface area contributed by atoms with Gasteiger partial charge in [0.1, 0.15) is 0 Å². The highest BCUT2D eigenvalue weighted by molar-refractivity contribution is 5.82. The van der Waals surface area contributed by atoms with E-state index in [9.17, 15) is 4.79 Å². The van der Waals surface area contributed by atoms with Crippen LogP contribution in [0.2, 0.25) is 0 Å². The molecule has 4 heteroatoms. The Morgan fingerprint density at radius 1 is 1.38 bits per heavy atom. The summed E-state index contributed by atoms with van der Waals surface area (Å²) in [5.74, 6) is 0.253. The van der Waals surface area contributed by atoms with Gasteiger partial charge in [-0.25, -0.2) is 0 Å². The Morgan fingerprint density at radius 2 is 2.00 bits per heavy atom. The summed E-state index contributed by atoms with van der Waals surface area (Å²) in [7, 11) is 5.89. The van der Waals surface area contributed by atoms with Gasteiger partial charge in [-0.1, -0.05) is 13.8 Å². The van der Waals surface area contributed by atoms with Crippen molar-refractivity contribution in [2.75, 3.05) is 40.8 Å². The van der Waals surface area contributed by atoms with Gasteiger partial charge >= 0.3 is 0 Å². The van der Waals surface area contributed by atoms with Gasteiger partial charge in [-0.15, -0.1) is 0 Å². The van der Waals surface area contributed by atoms with Crippen molar-refractivity contribution < 1.29 is 4.79 Å². The van der Waals surface area contributed by atoms with E-state index in [-0.39, 0.29) is 17.4 Å². The summed E-state index contributed by atoms with van der Waals surface area (Å²) in [6, 6.07) is 0.0271. The molecule has 1 amide bonds. The van der Waals surface area contributed by atoms with E-state index in [1.54, 1.807) is 0 Å². The second kappa shape index (κ2) is 5.15. The van der Waals surface area contributed by atoms with Crippen molar-refractivity contribution in [1.29, 1.82) is 0 Å². The second-order valence-corrected chi connectivity index (χ2v) is 5.68. The summed E-state index contributed by atoms with van der Waals surface area (Å²) >= 11 is 0. The molecule has 1 atom stereocenters. The highest BCUT2D eigenvalue weighted by Crippen LogP contribution is 2.24. The van der Waals surface area contributed by atoms with E-state index in [4.69, 9.17) is 0 Å². The molecule has 16 heavy (non-hydrogen) atoms. The van der Waals surface area contributed by atoms with Gasteiger partial charge in [-0.2, -0.15) is 0 Å². The summed E-state index contributed by atoms with van der Waals surface area (Å²) in [5.41, 5.74) is 0.174. The Hall–Kier alpha value is -0.610. The lowest BCUT2D eigenvalue weighted by atomic mass is 9.93. The first-order valence-electron chi connectivity index (χ1n) is 5.97. The molecule has 1 unspecified atom stereocenters. The Morgan fingerprint density at radius 3 is 2.56 bits per heavy atom. The molecular formula is C12H25N3O. The minimum atomic E-state index is 0.0271. The van der Waals surface area contributed by atoms with Crippen molar-refractivity contribution in [3.8, 4) is 0 Å². The highest BCUT2D eigenvalue weighted by atomic mass is 16.2. The fraction of sp³-hybridized carbons (Fsp3) is 0.917. The van der Waals surface area contributed by atoms with Crippen LogP contribution in [0.1, 0.15) is 20.3 Å². The molecule has 0 saturated carbocycles. The maximum Gasteiger partial charge on any atom is 0.239 e. The van der Waals surface area contributed by atoms with Gasteiger partial charge in [0.05, 0.1) is 6.04 Å². The molecule has 94 valence electrons.